The molecule has 0 saturated heterocycles. The van der Waals surface area contributed by atoms with E-state index in [0.717, 1.165) is 39.7 Å². The molecule has 156 valence electrons. The Morgan fingerprint density at radius 2 is 1.87 bits per heavy atom. The summed E-state index contributed by atoms with van der Waals surface area (Å²) in [5.74, 6) is 0.123. The minimum absolute atomic E-state index is 0.181. The first-order valence-electron chi connectivity index (χ1n) is 9.60. The van der Waals surface area contributed by atoms with E-state index in [-0.39, 0.29) is 16.7 Å². The predicted octanol–water partition coefficient (Wildman–Crippen LogP) is 3.93. The minimum Gasteiger partial charge on any atom is -0.495 e. The summed E-state index contributed by atoms with van der Waals surface area (Å²) in [4.78, 5) is 15.0. The fourth-order valence-electron chi connectivity index (χ4n) is 3.66. The van der Waals surface area contributed by atoms with Gasteiger partial charge >= 0.3 is 0 Å². The summed E-state index contributed by atoms with van der Waals surface area (Å²) in [6.45, 7) is 0.254. The first kappa shape index (κ1) is 20.4. The molecule has 4 rings (SSSR count). The average Bonchev–Trinajstić information content (AvgIpc) is 3.33. The van der Waals surface area contributed by atoms with E-state index in [0.29, 0.717) is 18.0 Å². The van der Waals surface area contributed by atoms with Crippen LogP contribution in [0.5, 0.6) is 5.75 Å². The van der Waals surface area contributed by atoms with Crippen LogP contribution in [0.2, 0.25) is 0 Å². The zero-order valence-electron chi connectivity index (χ0n) is 16.5. The lowest BCUT2D eigenvalue weighted by atomic mass is 10.0. The number of fused-ring (bicyclic) bond motifs is 1. The van der Waals surface area contributed by atoms with E-state index < -0.39 is 10.0 Å². The maximum Gasteiger partial charge on any atom is 0.274 e. The molecular formula is C22H22N2O4S2. The second kappa shape index (κ2) is 8.49. The fourth-order valence-corrected chi connectivity index (χ4v) is 6.18. The summed E-state index contributed by atoms with van der Waals surface area (Å²) >= 11 is 1.12. The van der Waals surface area contributed by atoms with Crippen LogP contribution in [0.1, 0.15) is 12.0 Å². The summed E-state index contributed by atoms with van der Waals surface area (Å²) < 4.78 is 33.6. The SMILES string of the molecule is COc1ccccc1N(CC(=O)N1CCCc2ccccc21)S(=O)(=O)c1cccs1. The smallest absolute Gasteiger partial charge is 0.274 e. The molecular weight excluding hydrogens is 420 g/mol. The standard InChI is InChI=1S/C22H22N2O4S2/c1-28-20-12-5-4-11-19(20)24(30(26,27)22-13-7-15-29-22)16-21(25)23-14-6-9-17-8-2-3-10-18(17)23/h2-5,7-8,10-13,15H,6,9,14,16H2,1H3. The number of para-hydroxylation sites is 3. The van der Waals surface area contributed by atoms with Crippen LogP contribution in [0.15, 0.2) is 70.3 Å². The van der Waals surface area contributed by atoms with Crippen LogP contribution < -0.4 is 13.9 Å². The number of nitrogens with zero attached hydrogens (tertiary/aromatic N) is 2. The van der Waals surface area contributed by atoms with Crippen LogP contribution in [-0.2, 0) is 21.2 Å². The normalized spacial score (nSPS) is 13.6. The lowest BCUT2D eigenvalue weighted by Gasteiger charge is -2.32. The molecule has 1 amide bonds. The Labute approximate surface area is 180 Å². The van der Waals surface area contributed by atoms with Crippen molar-refractivity contribution in [1.82, 2.24) is 0 Å². The highest BCUT2D eigenvalue weighted by atomic mass is 32.2. The predicted molar refractivity (Wildman–Crippen MR) is 119 cm³/mol. The van der Waals surface area contributed by atoms with Crippen LogP contribution in [0, 0.1) is 0 Å². The Bertz CT molecular complexity index is 1140. The van der Waals surface area contributed by atoms with Crippen LogP contribution in [0.4, 0.5) is 11.4 Å². The number of aryl methyl sites for hydroxylation is 1. The van der Waals surface area contributed by atoms with Crippen molar-refractivity contribution < 1.29 is 17.9 Å². The maximum absolute atomic E-state index is 13.4. The van der Waals surface area contributed by atoms with Crippen molar-refractivity contribution in [2.45, 2.75) is 17.1 Å². The summed E-state index contributed by atoms with van der Waals surface area (Å²) in [6, 6.07) is 17.8. The van der Waals surface area contributed by atoms with Crippen molar-refractivity contribution in [3.8, 4) is 5.75 Å². The zero-order valence-corrected chi connectivity index (χ0v) is 18.2. The third kappa shape index (κ3) is 3.80. The van der Waals surface area contributed by atoms with Gasteiger partial charge in [-0.2, -0.15) is 0 Å². The van der Waals surface area contributed by atoms with Gasteiger partial charge in [0.2, 0.25) is 5.91 Å². The van der Waals surface area contributed by atoms with Crippen LogP contribution >= 0.6 is 11.3 Å². The fraction of sp³-hybridized carbons (Fsp3) is 0.227. The lowest BCUT2D eigenvalue weighted by Crippen LogP contribution is -2.45. The molecule has 2 heterocycles. The van der Waals surface area contributed by atoms with E-state index in [1.807, 2.05) is 24.3 Å². The number of amides is 1. The zero-order chi connectivity index (χ0) is 21.1. The number of hydrogen-bond acceptors (Lipinski definition) is 5. The van der Waals surface area contributed by atoms with Gasteiger partial charge in [0, 0.05) is 12.2 Å². The highest BCUT2D eigenvalue weighted by Crippen LogP contribution is 2.34. The van der Waals surface area contributed by atoms with Crippen molar-refractivity contribution in [2.24, 2.45) is 0 Å². The number of thiophene rings is 1. The second-order valence-electron chi connectivity index (χ2n) is 6.89. The number of ether oxygens (including phenoxy) is 1. The Kier molecular flexibility index (Phi) is 5.78. The molecule has 8 heteroatoms. The van der Waals surface area contributed by atoms with Crippen molar-refractivity contribution >= 4 is 38.6 Å². The molecule has 0 bridgehead atoms. The van der Waals surface area contributed by atoms with E-state index in [1.165, 1.54) is 7.11 Å². The van der Waals surface area contributed by atoms with Crippen LogP contribution in [-0.4, -0.2) is 34.5 Å². The topological polar surface area (TPSA) is 66.9 Å². The molecule has 0 fully saturated rings. The van der Waals surface area contributed by atoms with Gasteiger partial charge < -0.3 is 9.64 Å². The van der Waals surface area contributed by atoms with Crippen molar-refractivity contribution in [3.05, 3.63) is 71.6 Å². The summed E-state index contributed by atoms with van der Waals surface area (Å²) in [6.07, 6.45) is 1.75. The van der Waals surface area contributed by atoms with Gasteiger partial charge in [-0.25, -0.2) is 8.42 Å². The highest BCUT2D eigenvalue weighted by molar-refractivity contribution is 7.94. The van der Waals surface area contributed by atoms with Gasteiger partial charge in [-0.1, -0.05) is 36.4 Å². The van der Waals surface area contributed by atoms with Gasteiger partial charge in [0.1, 0.15) is 16.5 Å². The average molecular weight is 443 g/mol. The van der Waals surface area contributed by atoms with Gasteiger partial charge in [-0.3, -0.25) is 9.10 Å². The van der Waals surface area contributed by atoms with Gasteiger partial charge in [0.05, 0.1) is 12.8 Å². The van der Waals surface area contributed by atoms with Crippen LogP contribution in [0.3, 0.4) is 0 Å². The molecule has 2 aromatic carbocycles. The molecule has 0 spiro atoms. The Morgan fingerprint density at radius 1 is 1.10 bits per heavy atom. The Balaban J connectivity index is 1.74. The summed E-state index contributed by atoms with van der Waals surface area (Å²) in [7, 11) is -2.45. The molecule has 3 aromatic rings. The highest BCUT2D eigenvalue weighted by Gasteiger charge is 2.32. The second-order valence-corrected chi connectivity index (χ2v) is 9.93. The van der Waals surface area contributed by atoms with E-state index in [1.54, 1.807) is 46.7 Å². The third-order valence-electron chi connectivity index (χ3n) is 5.08. The van der Waals surface area contributed by atoms with Gasteiger partial charge in [0.15, 0.2) is 0 Å². The molecule has 0 N–H and O–H groups in total. The number of benzene rings is 2. The number of sulfonamides is 1. The molecule has 6 nitrogen and oxygen atoms in total. The minimum atomic E-state index is -3.93. The van der Waals surface area contributed by atoms with Crippen molar-refractivity contribution in [3.63, 3.8) is 0 Å². The monoisotopic (exact) mass is 442 g/mol. The quantitative estimate of drug-likeness (QED) is 0.580. The van der Waals surface area contributed by atoms with Crippen LogP contribution in [0.25, 0.3) is 0 Å². The molecule has 1 aromatic heterocycles. The molecule has 0 unspecified atom stereocenters. The molecule has 0 aliphatic carbocycles. The summed E-state index contributed by atoms with van der Waals surface area (Å²) in [5.41, 5.74) is 2.29. The van der Waals surface area contributed by atoms with Crippen molar-refractivity contribution in [2.75, 3.05) is 29.4 Å². The lowest BCUT2D eigenvalue weighted by molar-refractivity contribution is -0.117. The molecule has 0 saturated carbocycles. The van der Waals surface area contributed by atoms with Gasteiger partial charge in [-0.05, 0) is 48.1 Å². The number of rotatable bonds is 6. The van der Waals surface area contributed by atoms with Crippen molar-refractivity contribution in [1.29, 1.82) is 0 Å². The third-order valence-corrected chi connectivity index (χ3v) is 8.22. The maximum atomic E-state index is 13.4. The number of carbonyl (C=O) groups excluding carboxylic acids is 1. The molecule has 0 atom stereocenters. The first-order valence-corrected chi connectivity index (χ1v) is 11.9. The molecule has 1 aliphatic heterocycles. The van der Waals surface area contributed by atoms with E-state index in [9.17, 15) is 13.2 Å². The van der Waals surface area contributed by atoms with Gasteiger partial charge in [0.25, 0.3) is 10.0 Å². The van der Waals surface area contributed by atoms with E-state index >= 15 is 0 Å². The molecule has 1 aliphatic rings. The number of carbonyl (C=O) groups is 1. The van der Waals surface area contributed by atoms with E-state index in [4.69, 9.17) is 4.74 Å². The largest absolute Gasteiger partial charge is 0.495 e. The number of methoxy groups -OCH3 is 1. The molecule has 0 radical (unpaired) electrons. The molecule has 30 heavy (non-hydrogen) atoms. The van der Waals surface area contributed by atoms with E-state index in [2.05, 4.69) is 0 Å². The number of hydrogen-bond donors (Lipinski definition) is 0. The Hall–Kier alpha value is -2.84. The van der Waals surface area contributed by atoms with Gasteiger partial charge in [-0.15, -0.1) is 11.3 Å². The first-order chi connectivity index (χ1) is 14.5. The summed E-state index contributed by atoms with van der Waals surface area (Å²) in [5, 5.41) is 1.70. The Morgan fingerprint density at radius 3 is 2.63 bits per heavy atom. The number of anilines is 2.